The monoisotopic (exact) mass is 823 g/mol. The van der Waals surface area contributed by atoms with Crippen molar-refractivity contribution in [3.8, 4) is 5.75 Å². The summed E-state index contributed by atoms with van der Waals surface area (Å²) >= 11 is 6.65. The third kappa shape index (κ3) is 7.27. The molecule has 0 saturated carbocycles. The molecule has 0 bridgehead atoms. The summed E-state index contributed by atoms with van der Waals surface area (Å²) < 4.78 is 17.6. The number of likely N-dealkylation sites (tertiary alicyclic amines) is 1. The van der Waals surface area contributed by atoms with Gasteiger partial charge in [0.15, 0.2) is 18.0 Å². The number of hydrogen-bond acceptors (Lipinski definition) is 11. The molecule has 3 aromatic rings. The lowest BCUT2D eigenvalue weighted by Gasteiger charge is -2.37. The van der Waals surface area contributed by atoms with Crippen molar-refractivity contribution in [3.05, 3.63) is 82.9 Å². The zero-order valence-corrected chi connectivity index (χ0v) is 34.0. The molecule has 306 valence electrons. The number of rotatable bonds is 10. The minimum atomic E-state index is -2.55. The van der Waals surface area contributed by atoms with Crippen molar-refractivity contribution in [2.45, 2.75) is 99.8 Å². The molecule has 14 nitrogen and oxygen atoms in total. The van der Waals surface area contributed by atoms with Crippen molar-refractivity contribution in [3.63, 3.8) is 0 Å². The standard InChI is InChI=1S/C41H50ClN3O11Si/c1-22-37(57(3,4)28-14-12-27(54-2)13-15-28)31(19-32(47)44-17-5-6-26(44)21-46)56-41(22)29-18-24(42)9-16-30(29)45(40(41)53)20-23-7-10-25(11-8-23)43-38(51)36-34(49)33(48)35(50)39(52)55-36/h7-16,18,22,26,31,33-37,39,46,48-50,52H,5-6,17,19-21H2,1-4H3,(H,43,51)/t22-,26-,31+,33-,34-,35+,36-,37-,39+,41+/m0/s1. The molecular weight excluding hydrogens is 774 g/mol. The molecule has 3 fully saturated rings. The first kappa shape index (κ1) is 41.3. The fourth-order valence-corrected chi connectivity index (χ4v) is 13.6. The molecule has 4 heterocycles. The Hall–Kier alpha value is -3.90. The van der Waals surface area contributed by atoms with Crippen molar-refractivity contribution in [1.82, 2.24) is 4.90 Å². The molecule has 3 saturated heterocycles. The van der Waals surface area contributed by atoms with E-state index in [0.717, 1.165) is 23.8 Å². The Labute approximate surface area is 336 Å². The molecule has 0 radical (unpaired) electrons. The highest BCUT2D eigenvalue weighted by Crippen LogP contribution is 2.60. The van der Waals surface area contributed by atoms with E-state index in [1.54, 1.807) is 59.4 Å². The number of aliphatic hydroxyl groups excluding tert-OH is 5. The number of ether oxygens (including phenoxy) is 3. The van der Waals surface area contributed by atoms with Gasteiger partial charge in [-0.25, -0.2) is 0 Å². The summed E-state index contributed by atoms with van der Waals surface area (Å²) in [6.07, 6.45) is -7.86. The second-order valence-electron chi connectivity index (χ2n) is 16.1. The van der Waals surface area contributed by atoms with Crippen molar-refractivity contribution < 1.29 is 54.1 Å². The van der Waals surface area contributed by atoms with Crippen LogP contribution in [0.4, 0.5) is 11.4 Å². The Kier molecular flexibility index (Phi) is 11.6. The van der Waals surface area contributed by atoms with Crippen molar-refractivity contribution in [2.24, 2.45) is 5.92 Å². The molecule has 3 amide bonds. The van der Waals surface area contributed by atoms with Gasteiger partial charge < -0.3 is 54.9 Å². The molecule has 4 aliphatic rings. The number of aliphatic hydroxyl groups is 5. The summed E-state index contributed by atoms with van der Waals surface area (Å²) in [5, 5.41) is 54.1. The number of anilines is 2. The van der Waals surface area contributed by atoms with Gasteiger partial charge in [0.2, 0.25) is 5.91 Å². The molecule has 57 heavy (non-hydrogen) atoms. The number of fused-ring (bicyclic) bond motifs is 2. The van der Waals surface area contributed by atoms with Crippen LogP contribution in [0.15, 0.2) is 66.7 Å². The zero-order valence-electron chi connectivity index (χ0n) is 32.2. The summed E-state index contributed by atoms with van der Waals surface area (Å²) in [4.78, 5) is 45.5. The van der Waals surface area contributed by atoms with Crippen LogP contribution in [0.3, 0.4) is 0 Å². The molecule has 0 aromatic heterocycles. The van der Waals surface area contributed by atoms with Gasteiger partial charge in [0.05, 0.1) is 52.6 Å². The van der Waals surface area contributed by atoms with Crippen LogP contribution in [0.1, 0.15) is 37.3 Å². The number of nitrogens with zero attached hydrogens (tertiary/aromatic N) is 2. The van der Waals surface area contributed by atoms with Crippen LogP contribution in [-0.2, 0) is 36.0 Å². The van der Waals surface area contributed by atoms with Gasteiger partial charge in [0, 0.05) is 28.7 Å². The van der Waals surface area contributed by atoms with Gasteiger partial charge in [0.1, 0.15) is 24.1 Å². The van der Waals surface area contributed by atoms with Crippen molar-refractivity contribution in [1.29, 1.82) is 0 Å². The summed E-state index contributed by atoms with van der Waals surface area (Å²) in [5.74, 6) is -0.879. The highest BCUT2D eigenvalue weighted by molar-refractivity contribution is 6.91. The van der Waals surface area contributed by atoms with E-state index in [-0.39, 0.29) is 48.9 Å². The first-order valence-corrected chi connectivity index (χ1v) is 22.7. The van der Waals surface area contributed by atoms with Gasteiger partial charge in [-0.2, -0.15) is 0 Å². The molecule has 16 heteroatoms. The largest absolute Gasteiger partial charge is 0.497 e. The summed E-state index contributed by atoms with van der Waals surface area (Å²) in [7, 11) is -0.928. The Morgan fingerprint density at radius 3 is 2.37 bits per heavy atom. The summed E-state index contributed by atoms with van der Waals surface area (Å²) in [5.41, 5.74) is 0.651. The lowest BCUT2D eigenvalue weighted by Crippen LogP contribution is -2.60. The van der Waals surface area contributed by atoms with Crippen molar-refractivity contribution >= 4 is 54.0 Å². The van der Waals surface area contributed by atoms with Crippen LogP contribution in [0.2, 0.25) is 23.7 Å². The van der Waals surface area contributed by atoms with Gasteiger partial charge in [0.25, 0.3) is 11.8 Å². The molecule has 7 rings (SSSR count). The molecule has 10 atom stereocenters. The van der Waals surface area contributed by atoms with Crippen molar-refractivity contribution in [2.75, 3.05) is 30.5 Å². The van der Waals surface area contributed by atoms with Crippen LogP contribution in [0.25, 0.3) is 0 Å². The maximum atomic E-state index is 15.2. The Morgan fingerprint density at radius 2 is 1.70 bits per heavy atom. The smallest absolute Gasteiger partial charge is 0.264 e. The zero-order chi connectivity index (χ0) is 41.0. The van der Waals surface area contributed by atoms with Gasteiger partial charge in [-0.15, -0.1) is 0 Å². The van der Waals surface area contributed by atoms with Gasteiger partial charge in [-0.3, -0.25) is 14.4 Å². The van der Waals surface area contributed by atoms with E-state index in [2.05, 4.69) is 30.5 Å². The van der Waals surface area contributed by atoms with E-state index in [4.69, 9.17) is 25.8 Å². The van der Waals surface area contributed by atoms with Crippen LogP contribution in [0.5, 0.6) is 5.75 Å². The normalized spacial score (nSPS) is 31.2. The van der Waals surface area contributed by atoms with Crippen LogP contribution < -0.4 is 20.1 Å². The first-order valence-electron chi connectivity index (χ1n) is 19.2. The quantitative estimate of drug-likeness (QED) is 0.164. The van der Waals surface area contributed by atoms with E-state index in [1.165, 1.54) is 0 Å². The maximum Gasteiger partial charge on any atom is 0.264 e. The van der Waals surface area contributed by atoms with Crippen LogP contribution in [0, 0.1) is 5.92 Å². The molecule has 4 aliphatic heterocycles. The second kappa shape index (κ2) is 16.0. The first-order chi connectivity index (χ1) is 27.1. The van der Waals surface area contributed by atoms with E-state index >= 15 is 4.79 Å². The van der Waals surface area contributed by atoms with Gasteiger partial charge in [-0.05, 0) is 66.4 Å². The third-order valence-corrected chi connectivity index (χ3v) is 17.1. The average molecular weight is 824 g/mol. The maximum absolute atomic E-state index is 15.2. The molecule has 0 unspecified atom stereocenters. The van der Waals surface area contributed by atoms with E-state index < -0.39 is 56.4 Å². The summed E-state index contributed by atoms with van der Waals surface area (Å²) in [6, 6.07) is 19.7. The topological polar surface area (TPSA) is 199 Å². The fraction of sp³-hybridized carbons (Fsp3) is 0.488. The number of amides is 3. The SMILES string of the molecule is COc1ccc([Si](C)(C)[C@@H]2[C@@H](CC(=O)N3CCC[C@H]3CO)O[C@]3(C(=O)N(Cc4ccc(NC(=O)[C@H]5O[C@@H](O)[C@H](O)[C@@H](O)[C@@H]5O)cc4)c4ccc(Cl)cc43)[C@H]2C)cc1. The predicted octanol–water partition coefficient (Wildman–Crippen LogP) is 2.22. The number of benzene rings is 3. The third-order valence-electron chi connectivity index (χ3n) is 12.5. The Balaban J connectivity index is 1.18. The molecule has 3 aromatic carbocycles. The lowest BCUT2D eigenvalue weighted by molar-refractivity contribution is -0.274. The summed E-state index contributed by atoms with van der Waals surface area (Å²) in [6.45, 7) is 7.11. The van der Waals surface area contributed by atoms with Gasteiger partial charge >= 0.3 is 0 Å². The molecule has 1 spiro atoms. The average Bonchev–Trinajstić information content (AvgIpc) is 3.86. The minimum Gasteiger partial charge on any atom is -0.497 e. The number of hydrogen-bond donors (Lipinski definition) is 6. The fourth-order valence-electron chi connectivity index (χ4n) is 9.45. The second-order valence-corrected chi connectivity index (χ2v) is 21.2. The molecule has 0 aliphatic carbocycles. The Bertz CT molecular complexity index is 1990. The number of carbonyl (C=O) groups excluding carboxylic acids is 3. The Morgan fingerprint density at radius 1 is 1.00 bits per heavy atom. The number of nitrogens with one attached hydrogen (secondary N) is 1. The highest BCUT2D eigenvalue weighted by Gasteiger charge is 2.66. The predicted molar refractivity (Wildman–Crippen MR) is 213 cm³/mol. The lowest BCUT2D eigenvalue weighted by atomic mass is 9.82. The number of methoxy groups -OCH3 is 1. The van der Waals surface area contributed by atoms with Gasteiger partial charge in [-0.1, -0.05) is 61.1 Å². The minimum absolute atomic E-state index is 0.0532. The molecule has 6 N–H and O–H groups in total. The molecular formula is C41H50ClN3O11Si. The van der Waals surface area contributed by atoms with E-state index in [9.17, 15) is 35.1 Å². The van der Waals surface area contributed by atoms with Crippen LogP contribution in [-0.4, -0.2) is 119 Å². The highest BCUT2D eigenvalue weighted by atomic mass is 35.5. The van der Waals surface area contributed by atoms with E-state index in [0.29, 0.717) is 34.1 Å². The number of halogens is 1. The number of carbonyl (C=O) groups is 3. The van der Waals surface area contributed by atoms with E-state index in [1.807, 2.05) is 19.1 Å². The van der Waals surface area contributed by atoms with Crippen LogP contribution >= 0.6 is 11.6 Å².